The highest BCUT2D eigenvalue weighted by Crippen LogP contribution is 2.35. The molecule has 4 amide bonds. The molecule has 1 saturated heterocycles. The number of anilines is 2. The van der Waals surface area contributed by atoms with Crippen LogP contribution in [0.15, 0.2) is 66.1 Å². The van der Waals surface area contributed by atoms with E-state index in [1.54, 1.807) is 94.9 Å². The molecule has 0 spiro atoms. The molecule has 6 rings (SSSR count). The summed E-state index contributed by atoms with van der Waals surface area (Å²) in [6.45, 7) is 13.7. The minimum absolute atomic E-state index is 0.0380. The number of rotatable bonds is 16. The predicted octanol–water partition coefficient (Wildman–Crippen LogP) is 5.91. The number of hydrogen-bond donors (Lipinski definition) is 3. The number of carbonyl (C=O) groups excluding carboxylic acids is 5. The molecule has 0 radical (unpaired) electrons. The van der Waals surface area contributed by atoms with Gasteiger partial charge in [0.15, 0.2) is 5.78 Å². The number of hydrogen-bond acceptors (Lipinski definition) is 8. The van der Waals surface area contributed by atoms with E-state index < -0.39 is 0 Å². The summed E-state index contributed by atoms with van der Waals surface area (Å²) in [5, 5.41) is 8.60. The summed E-state index contributed by atoms with van der Waals surface area (Å²) in [5.74, 6) is -0.503. The van der Waals surface area contributed by atoms with E-state index >= 15 is 0 Å². The van der Waals surface area contributed by atoms with Crippen molar-refractivity contribution in [3.63, 3.8) is 0 Å². The molecule has 1 aromatic carbocycles. The molecule has 0 aliphatic carbocycles. The maximum atomic E-state index is 13.4. The van der Waals surface area contributed by atoms with E-state index in [9.17, 15) is 24.0 Å². The van der Waals surface area contributed by atoms with Crippen LogP contribution in [-0.2, 0) is 37.1 Å². The minimum Gasteiger partial charge on any atom is -0.493 e. The first kappa shape index (κ1) is 42.4. The van der Waals surface area contributed by atoms with Gasteiger partial charge in [-0.05, 0) is 82.3 Å². The van der Waals surface area contributed by atoms with E-state index in [0.29, 0.717) is 90.0 Å². The lowest BCUT2D eigenvalue weighted by molar-refractivity contribution is -0.116. The third-order valence-corrected chi connectivity index (χ3v) is 10.1. The van der Waals surface area contributed by atoms with Gasteiger partial charge in [-0.1, -0.05) is 12.2 Å². The lowest BCUT2D eigenvalue weighted by atomic mass is 10.1. The summed E-state index contributed by atoms with van der Waals surface area (Å²) in [7, 11) is 5.19. The first-order valence-electron chi connectivity index (χ1n) is 19.8. The fourth-order valence-corrected chi connectivity index (χ4v) is 7.19. The fourth-order valence-electron chi connectivity index (χ4n) is 7.19. The largest absolute Gasteiger partial charge is 0.493 e. The minimum atomic E-state index is -0.386. The van der Waals surface area contributed by atoms with Crippen molar-refractivity contribution in [2.24, 2.45) is 26.1 Å². The second-order valence-corrected chi connectivity index (χ2v) is 16.3. The van der Waals surface area contributed by atoms with E-state index in [-0.39, 0.29) is 60.5 Å². The SMILES string of the molecule is C=C1C[C@@H]2C=Nc3cc(OCCCC(=O)Nc4cc(C(=O)Cc5cc(C(=O)Nc6cc(C(=O)NCCCOC(C)(C)C)n(C)c6)n(C)c5)n(C)c4)c(C)cc3C(=O)N2C1. The van der Waals surface area contributed by atoms with Crippen molar-refractivity contribution in [3.05, 3.63) is 94.8 Å². The smallest absolute Gasteiger partial charge is 0.272 e. The summed E-state index contributed by atoms with van der Waals surface area (Å²) >= 11 is 0. The van der Waals surface area contributed by atoms with E-state index in [4.69, 9.17) is 9.47 Å². The molecule has 4 aromatic rings. The van der Waals surface area contributed by atoms with Crippen LogP contribution in [0.3, 0.4) is 0 Å². The van der Waals surface area contributed by atoms with Crippen LogP contribution in [0.1, 0.15) is 99.4 Å². The van der Waals surface area contributed by atoms with Crippen molar-refractivity contribution < 1.29 is 33.4 Å². The molecule has 2 aliphatic rings. The maximum absolute atomic E-state index is 13.4. The topological polar surface area (TPSA) is 170 Å². The third kappa shape index (κ3) is 10.5. The lowest BCUT2D eigenvalue weighted by Gasteiger charge is -2.20. The molecule has 3 aromatic heterocycles. The number of ketones is 1. The van der Waals surface area contributed by atoms with Gasteiger partial charge in [0.1, 0.15) is 17.1 Å². The van der Waals surface area contributed by atoms with Gasteiger partial charge in [-0.3, -0.25) is 29.0 Å². The van der Waals surface area contributed by atoms with E-state index in [1.807, 2.05) is 27.7 Å². The summed E-state index contributed by atoms with van der Waals surface area (Å²) in [6, 6.07) is 8.41. The van der Waals surface area contributed by atoms with Gasteiger partial charge in [0.05, 0.1) is 46.6 Å². The number of nitrogens with one attached hydrogen (secondary N) is 3. The van der Waals surface area contributed by atoms with Gasteiger partial charge in [0.25, 0.3) is 17.7 Å². The average Bonchev–Trinajstić information content (AvgIpc) is 3.91. The second-order valence-electron chi connectivity index (χ2n) is 16.3. The Morgan fingerprint density at radius 3 is 2.29 bits per heavy atom. The number of ether oxygens (including phenoxy) is 2. The zero-order valence-corrected chi connectivity index (χ0v) is 34.9. The van der Waals surface area contributed by atoms with Crippen LogP contribution in [0, 0.1) is 6.92 Å². The molecule has 1 fully saturated rings. The van der Waals surface area contributed by atoms with Crippen LogP contribution >= 0.6 is 0 Å². The molecule has 15 nitrogen and oxygen atoms in total. The van der Waals surface area contributed by atoms with E-state index in [1.165, 1.54) is 0 Å². The Hall–Kier alpha value is -6.22. The van der Waals surface area contributed by atoms with Crippen LogP contribution in [0.25, 0.3) is 0 Å². The Kier molecular flexibility index (Phi) is 12.7. The number of aromatic nitrogens is 3. The van der Waals surface area contributed by atoms with Gasteiger partial charge in [0, 0.05) is 84.6 Å². The highest BCUT2D eigenvalue weighted by atomic mass is 16.5. The number of fused-ring (bicyclic) bond motifs is 2. The van der Waals surface area contributed by atoms with Crippen molar-refractivity contribution in [1.82, 2.24) is 23.9 Å². The van der Waals surface area contributed by atoms with Gasteiger partial charge in [-0.25, -0.2) is 0 Å². The number of Topliss-reactive ketones (excluding diaryl/α,β-unsaturated/α-hetero) is 1. The summed E-state index contributed by atoms with van der Waals surface area (Å²) in [4.78, 5) is 71.8. The van der Waals surface area contributed by atoms with Gasteiger partial charge in [-0.15, -0.1) is 0 Å². The molecule has 0 saturated carbocycles. The highest BCUT2D eigenvalue weighted by Gasteiger charge is 2.34. The molecular formula is C44H54N8O7. The van der Waals surface area contributed by atoms with Crippen LogP contribution < -0.4 is 20.7 Å². The average molecular weight is 807 g/mol. The normalized spacial score (nSPS) is 14.8. The summed E-state index contributed by atoms with van der Waals surface area (Å²) in [6.07, 6.45) is 8.94. The Balaban J connectivity index is 0.962. The van der Waals surface area contributed by atoms with Gasteiger partial charge in [0.2, 0.25) is 5.91 Å². The lowest BCUT2D eigenvalue weighted by Crippen LogP contribution is -2.35. The number of amides is 4. The Morgan fingerprint density at radius 1 is 0.864 bits per heavy atom. The molecule has 2 aliphatic heterocycles. The number of aryl methyl sites for hydroxylation is 4. The number of aliphatic imine (C=N–C) groups is 1. The second kappa shape index (κ2) is 17.7. The predicted molar refractivity (Wildman–Crippen MR) is 226 cm³/mol. The van der Waals surface area contributed by atoms with E-state index in [2.05, 4.69) is 27.5 Å². The highest BCUT2D eigenvalue weighted by molar-refractivity contribution is 6.05. The molecule has 0 unspecified atom stereocenters. The van der Waals surface area contributed by atoms with E-state index in [0.717, 1.165) is 11.1 Å². The van der Waals surface area contributed by atoms with Crippen molar-refractivity contribution >= 4 is 52.7 Å². The Morgan fingerprint density at radius 2 is 1.54 bits per heavy atom. The van der Waals surface area contributed by atoms with Crippen LogP contribution in [-0.4, -0.2) is 92.2 Å². The van der Waals surface area contributed by atoms with Crippen LogP contribution in [0.5, 0.6) is 5.75 Å². The maximum Gasteiger partial charge on any atom is 0.272 e. The van der Waals surface area contributed by atoms with Gasteiger partial charge >= 0.3 is 0 Å². The molecular weight excluding hydrogens is 753 g/mol. The monoisotopic (exact) mass is 806 g/mol. The number of benzene rings is 1. The zero-order valence-electron chi connectivity index (χ0n) is 34.9. The molecule has 5 heterocycles. The zero-order chi connectivity index (χ0) is 42.6. The molecule has 312 valence electrons. The van der Waals surface area contributed by atoms with Crippen molar-refractivity contribution in [2.75, 3.05) is 36.9 Å². The van der Waals surface area contributed by atoms with Gasteiger partial charge in [-0.2, -0.15) is 0 Å². The molecule has 0 bridgehead atoms. The van der Waals surface area contributed by atoms with Gasteiger partial charge < -0.3 is 44.0 Å². The van der Waals surface area contributed by atoms with Crippen LogP contribution in [0.2, 0.25) is 0 Å². The summed E-state index contributed by atoms with van der Waals surface area (Å²) < 4.78 is 16.7. The third-order valence-electron chi connectivity index (χ3n) is 10.1. The van der Waals surface area contributed by atoms with Crippen molar-refractivity contribution in [3.8, 4) is 5.75 Å². The molecule has 1 atom stereocenters. The first-order chi connectivity index (χ1) is 27.9. The number of nitrogens with zero attached hydrogens (tertiary/aromatic N) is 5. The van der Waals surface area contributed by atoms with Crippen LogP contribution in [0.4, 0.5) is 17.1 Å². The summed E-state index contributed by atoms with van der Waals surface area (Å²) in [5.41, 5.74) is 5.44. The molecule has 3 N–H and O–H groups in total. The van der Waals surface area contributed by atoms with Crippen molar-refractivity contribution in [1.29, 1.82) is 0 Å². The molecule has 15 heteroatoms. The quantitative estimate of drug-likeness (QED) is 0.0719. The standard InChI is InChI=1S/C44H54N8O7/c1-27-15-32-22-46-34-21-39(28(2)16-33(34)43(57)52(32)23-27)58-13-9-11-40(54)47-30-19-35(50(7)25-30)38(53)18-29-17-36(49(6)24-29)42(56)48-31-20-37(51(8)26-31)41(55)45-12-10-14-59-44(3,4)5/h16-17,19-22,24-26,32H,1,9-15,18,23H2,2-8H3,(H,45,55)(H,47,54)(H,48,56)/t32-/m1/s1. The molecule has 59 heavy (non-hydrogen) atoms. The number of carbonyl (C=O) groups is 5. The van der Waals surface area contributed by atoms with Crippen molar-refractivity contribution in [2.45, 2.75) is 71.4 Å². The fraction of sp³-hybridized carbons (Fsp3) is 0.409. The first-order valence-corrected chi connectivity index (χ1v) is 19.8. The Bertz CT molecular complexity index is 2320. The Labute approximate surface area is 344 Å².